The van der Waals surface area contributed by atoms with Crippen molar-refractivity contribution in [3.05, 3.63) is 29.1 Å². The molecule has 0 bridgehead atoms. The van der Waals surface area contributed by atoms with Crippen molar-refractivity contribution >= 4 is 22.0 Å². The molecule has 1 rings (SSSR count). The molecule has 31 heavy (non-hydrogen) atoms. The third-order valence-corrected chi connectivity index (χ3v) is 4.08. The van der Waals surface area contributed by atoms with Gasteiger partial charge in [0.25, 0.3) is 10.1 Å². The van der Waals surface area contributed by atoms with Crippen LogP contribution in [-0.2, 0) is 29.2 Å². The number of hydrogen-bond donors (Lipinski definition) is 2. The fraction of sp³-hybridized carbons (Fsp3) is 0.500. The van der Waals surface area contributed by atoms with Gasteiger partial charge in [0.05, 0.1) is 38.6 Å². The minimum absolute atomic E-state index is 0.0214. The van der Waals surface area contributed by atoms with E-state index in [1.165, 1.54) is 0 Å². The topological polar surface area (TPSA) is 128 Å². The van der Waals surface area contributed by atoms with Gasteiger partial charge in [-0.25, -0.2) is 13.2 Å². The molecule has 0 aliphatic carbocycles. The van der Waals surface area contributed by atoms with Crippen LogP contribution in [0, 0.1) is 29.1 Å². The second-order valence-electron chi connectivity index (χ2n) is 5.73. The lowest BCUT2D eigenvalue weighted by Gasteiger charge is -2.09. The van der Waals surface area contributed by atoms with Gasteiger partial charge >= 0.3 is 5.97 Å². The monoisotopic (exact) mass is 479 g/mol. The van der Waals surface area contributed by atoms with E-state index in [1.54, 1.807) is 0 Å². The summed E-state index contributed by atoms with van der Waals surface area (Å²) in [5, 5.41) is 2.34. The highest BCUT2D eigenvalue weighted by molar-refractivity contribution is 7.85. The average Bonchev–Trinajstić information content (AvgIpc) is 2.70. The van der Waals surface area contributed by atoms with Gasteiger partial charge in [-0.05, 0) is 0 Å². The molecular formula is C16H18F5NO8S. The molecule has 0 spiro atoms. The Labute approximate surface area is 173 Å². The molecule has 0 aliphatic rings. The Hall–Kier alpha value is -2.36. The van der Waals surface area contributed by atoms with Crippen molar-refractivity contribution in [2.45, 2.75) is 12.8 Å². The van der Waals surface area contributed by atoms with E-state index in [0.29, 0.717) is 0 Å². The molecule has 0 fully saturated rings. The van der Waals surface area contributed by atoms with Gasteiger partial charge < -0.3 is 19.5 Å². The third-order valence-electron chi connectivity index (χ3n) is 3.36. The molecule has 9 nitrogen and oxygen atoms in total. The number of hydrogen-bond acceptors (Lipinski definition) is 7. The molecule has 15 heteroatoms. The zero-order valence-electron chi connectivity index (χ0n) is 15.8. The molecule has 2 N–H and O–H groups in total. The number of ether oxygens (including phenoxy) is 3. The van der Waals surface area contributed by atoms with Crippen molar-refractivity contribution in [1.82, 2.24) is 5.32 Å². The first-order valence-electron chi connectivity index (χ1n) is 8.53. The molecular weight excluding hydrogens is 461 g/mol. The Kier molecular flexibility index (Phi) is 10.7. The minimum atomic E-state index is -4.23. The van der Waals surface area contributed by atoms with Crippen LogP contribution in [0.25, 0.3) is 0 Å². The van der Waals surface area contributed by atoms with Crippen LogP contribution in [0.2, 0.25) is 0 Å². The first-order valence-corrected chi connectivity index (χ1v) is 10.1. The number of rotatable bonds is 13. The van der Waals surface area contributed by atoms with E-state index in [4.69, 9.17) is 14.0 Å². The van der Waals surface area contributed by atoms with Crippen LogP contribution in [0.1, 0.15) is 12.8 Å². The van der Waals surface area contributed by atoms with Gasteiger partial charge in [0.1, 0.15) is 0 Å². The van der Waals surface area contributed by atoms with E-state index >= 15 is 0 Å². The van der Waals surface area contributed by atoms with E-state index in [2.05, 4.69) is 10.1 Å². The average molecular weight is 479 g/mol. The zero-order valence-corrected chi connectivity index (χ0v) is 16.6. The Balaban J connectivity index is 2.18. The number of nitrogens with one attached hydrogen (secondary N) is 1. The van der Waals surface area contributed by atoms with Crippen LogP contribution >= 0.6 is 0 Å². The highest BCUT2D eigenvalue weighted by Crippen LogP contribution is 2.29. The quantitative estimate of drug-likeness (QED) is 0.0819. The summed E-state index contributed by atoms with van der Waals surface area (Å²) in [6, 6.07) is 0. The standard InChI is InChI=1S/C16H18F5NO8S/c17-11-12(18)14(20)16(15(21)13(11)19)30-10(24)1-4-28-6-7-29-5-3-22-9(23)2-8-31(25,26)27/h1-8H2,(H,22,23)(H,25,26,27). The van der Waals surface area contributed by atoms with Crippen LogP contribution in [-0.4, -0.2) is 63.6 Å². The summed E-state index contributed by atoms with van der Waals surface area (Å²) >= 11 is 0. The largest absolute Gasteiger partial charge is 0.420 e. The second kappa shape index (κ2) is 12.5. The molecule has 0 aromatic heterocycles. The summed E-state index contributed by atoms with van der Waals surface area (Å²) in [5.41, 5.74) is 0. The van der Waals surface area contributed by atoms with Crippen LogP contribution < -0.4 is 10.1 Å². The lowest BCUT2D eigenvalue weighted by atomic mass is 10.2. The number of halogens is 5. The summed E-state index contributed by atoms with van der Waals surface area (Å²) in [5.74, 6) is -15.7. The molecule has 1 aromatic carbocycles. The second-order valence-corrected chi connectivity index (χ2v) is 7.31. The number of benzene rings is 1. The number of carbonyl (C=O) groups is 2. The maximum absolute atomic E-state index is 13.4. The molecule has 1 aromatic rings. The van der Waals surface area contributed by atoms with Crippen molar-refractivity contribution in [3.63, 3.8) is 0 Å². The predicted octanol–water partition coefficient (Wildman–Crippen LogP) is 1.10. The molecule has 176 valence electrons. The highest BCUT2D eigenvalue weighted by Gasteiger charge is 2.28. The molecule has 0 atom stereocenters. The van der Waals surface area contributed by atoms with Gasteiger partial charge in [-0.1, -0.05) is 0 Å². The zero-order chi connectivity index (χ0) is 23.6. The van der Waals surface area contributed by atoms with Crippen LogP contribution in [0.15, 0.2) is 0 Å². The Morgan fingerprint density at radius 3 is 1.87 bits per heavy atom. The summed E-state index contributed by atoms with van der Waals surface area (Å²) in [6.07, 6.45) is -0.966. The first-order chi connectivity index (χ1) is 14.4. The number of carbonyl (C=O) groups excluding carboxylic acids is 2. The molecule has 0 saturated carbocycles. The van der Waals surface area contributed by atoms with Gasteiger partial charge in [0.2, 0.25) is 40.7 Å². The van der Waals surface area contributed by atoms with Crippen LogP contribution in [0.5, 0.6) is 5.75 Å². The fourth-order valence-electron chi connectivity index (χ4n) is 1.89. The Morgan fingerprint density at radius 1 is 0.806 bits per heavy atom. The molecule has 0 saturated heterocycles. The van der Waals surface area contributed by atoms with Crippen molar-refractivity contribution < 1.29 is 58.7 Å². The maximum Gasteiger partial charge on any atom is 0.313 e. The number of amides is 1. The van der Waals surface area contributed by atoms with Crippen molar-refractivity contribution in [2.24, 2.45) is 0 Å². The van der Waals surface area contributed by atoms with E-state index in [9.17, 15) is 40.0 Å². The van der Waals surface area contributed by atoms with Crippen molar-refractivity contribution in [3.8, 4) is 5.75 Å². The van der Waals surface area contributed by atoms with E-state index in [1.807, 2.05) is 0 Å². The van der Waals surface area contributed by atoms with Gasteiger partial charge in [-0.15, -0.1) is 0 Å². The lowest BCUT2D eigenvalue weighted by molar-refractivity contribution is -0.136. The first kappa shape index (κ1) is 26.7. The van der Waals surface area contributed by atoms with Crippen molar-refractivity contribution in [2.75, 3.05) is 38.7 Å². The summed E-state index contributed by atoms with van der Waals surface area (Å²) in [4.78, 5) is 22.7. The van der Waals surface area contributed by atoms with Crippen LogP contribution in [0.4, 0.5) is 22.0 Å². The number of esters is 1. The van der Waals surface area contributed by atoms with Gasteiger partial charge in [0.15, 0.2) is 0 Å². The van der Waals surface area contributed by atoms with Crippen LogP contribution in [0.3, 0.4) is 0 Å². The molecule has 0 aliphatic heterocycles. The fourth-order valence-corrected chi connectivity index (χ4v) is 2.33. The molecule has 0 heterocycles. The SMILES string of the molecule is O=C(CCS(=O)(=O)O)NCCOCCOCCC(=O)Oc1c(F)c(F)c(F)c(F)c1F. The summed E-state index contributed by atoms with van der Waals surface area (Å²) in [7, 11) is -4.23. The predicted molar refractivity (Wildman–Crippen MR) is 92.2 cm³/mol. The van der Waals surface area contributed by atoms with Crippen molar-refractivity contribution in [1.29, 1.82) is 0 Å². The van der Waals surface area contributed by atoms with Gasteiger partial charge in [-0.3, -0.25) is 14.1 Å². The molecule has 0 radical (unpaired) electrons. The van der Waals surface area contributed by atoms with E-state index < -0.39 is 75.4 Å². The smallest absolute Gasteiger partial charge is 0.313 e. The summed E-state index contributed by atoms with van der Waals surface area (Å²) < 4.78 is 109. The lowest BCUT2D eigenvalue weighted by Crippen LogP contribution is -2.29. The Bertz CT molecular complexity index is 867. The highest BCUT2D eigenvalue weighted by atomic mass is 32.2. The third kappa shape index (κ3) is 9.54. The minimum Gasteiger partial charge on any atom is -0.420 e. The maximum atomic E-state index is 13.4. The Morgan fingerprint density at radius 2 is 1.32 bits per heavy atom. The normalized spacial score (nSPS) is 11.4. The van der Waals surface area contributed by atoms with E-state index in [-0.39, 0.29) is 33.0 Å². The van der Waals surface area contributed by atoms with Gasteiger partial charge in [-0.2, -0.15) is 17.2 Å². The van der Waals surface area contributed by atoms with E-state index in [0.717, 1.165) is 0 Å². The molecule has 0 unspecified atom stereocenters. The molecule has 1 amide bonds. The van der Waals surface area contributed by atoms with Gasteiger partial charge in [0, 0.05) is 13.0 Å². The summed E-state index contributed by atoms with van der Waals surface area (Å²) in [6.45, 7) is -0.216.